The van der Waals surface area contributed by atoms with Crippen molar-refractivity contribution in [2.45, 2.75) is 31.2 Å². The Bertz CT molecular complexity index is 1370. The van der Waals surface area contributed by atoms with Crippen LogP contribution in [0.1, 0.15) is 31.2 Å². The number of carbonyl (C=O) groups excluding carboxylic acids is 2. The Morgan fingerprint density at radius 3 is 2.03 bits per heavy atom. The SMILES string of the molecule is Cn1cc(-c2ccc(-c3ccc(C4=NC5(CC5)C(=O)N4CC4CN(C(=O)C5CC5)C4)cc3)cc2)cn1. The predicted octanol–water partition coefficient (Wildman–Crippen LogP) is 3.74. The first-order valence-electron chi connectivity index (χ1n) is 12.9. The Balaban J connectivity index is 1.07. The molecule has 0 radical (unpaired) electrons. The second kappa shape index (κ2) is 7.88. The van der Waals surface area contributed by atoms with Crippen LogP contribution in [0, 0.1) is 11.8 Å². The molecule has 2 aliphatic heterocycles. The van der Waals surface area contributed by atoms with Crippen molar-refractivity contribution < 1.29 is 9.59 Å². The first-order valence-corrected chi connectivity index (χ1v) is 12.9. The maximum Gasteiger partial charge on any atom is 0.256 e. The van der Waals surface area contributed by atoms with Gasteiger partial charge in [0.1, 0.15) is 11.4 Å². The van der Waals surface area contributed by atoms with Gasteiger partial charge >= 0.3 is 0 Å². The molecule has 0 unspecified atom stereocenters. The number of amidine groups is 1. The molecule has 4 aliphatic rings. The van der Waals surface area contributed by atoms with Crippen LogP contribution in [0.25, 0.3) is 22.3 Å². The number of nitrogens with zero attached hydrogens (tertiary/aromatic N) is 5. The summed E-state index contributed by atoms with van der Waals surface area (Å²) in [6.45, 7) is 2.16. The number of benzene rings is 2. The monoisotopic (exact) mass is 479 g/mol. The Kier molecular flexibility index (Phi) is 4.72. The molecule has 2 saturated carbocycles. The molecule has 3 aromatic rings. The summed E-state index contributed by atoms with van der Waals surface area (Å²) in [6.07, 6.45) is 7.63. The highest BCUT2D eigenvalue weighted by atomic mass is 16.2. The Morgan fingerprint density at radius 2 is 1.50 bits per heavy atom. The number of hydrogen-bond acceptors (Lipinski definition) is 4. The Hall–Kier alpha value is -3.74. The summed E-state index contributed by atoms with van der Waals surface area (Å²) < 4.78 is 1.81. The van der Waals surface area contributed by atoms with Gasteiger partial charge in [0.25, 0.3) is 5.91 Å². The molecule has 182 valence electrons. The minimum Gasteiger partial charge on any atom is -0.342 e. The zero-order chi connectivity index (χ0) is 24.4. The molecule has 1 aromatic heterocycles. The van der Waals surface area contributed by atoms with Crippen LogP contribution in [0.2, 0.25) is 0 Å². The van der Waals surface area contributed by atoms with Crippen LogP contribution in [-0.2, 0) is 16.6 Å². The normalized spacial score (nSPS) is 20.6. The van der Waals surface area contributed by atoms with E-state index in [1.54, 1.807) is 0 Å². The molecule has 7 heteroatoms. The Morgan fingerprint density at radius 1 is 0.917 bits per heavy atom. The van der Waals surface area contributed by atoms with E-state index in [4.69, 9.17) is 4.99 Å². The molecule has 7 rings (SSSR count). The maximum atomic E-state index is 13.2. The fourth-order valence-electron chi connectivity index (χ4n) is 5.44. The predicted molar refractivity (Wildman–Crippen MR) is 137 cm³/mol. The van der Waals surface area contributed by atoms with E-state index < -0.39 is 5.54 Å². The number of aliphatic imine (C=N–C) groups is 1. The lowest BCUT2D eigenvalue weighted by atomic mass is 9.97. The molecule has 2 aliphatic carbocycles. The number of carbonyl (C=O) groups is 2. The molecule has 1 spiro atoms. The van der Waals surface area contributed by atoms with E-state index in [0.717, 1.165) is 72.4 Å². The molecule has 3 fully saturated rings. The van der Waals surface area contributed by atoms with Crippen molar-refractivity contribution in [3.63, 3.8) is 0 Å². The Labute approximate surface area is 210 Å². The molecule has 0 N–H and O–H groups in total. The average molecular weight is 480 g/mol. The standard InChI is InChI=1S/C29H29N5O2/c1-32-18-25(14-30-32)22-4-2-20(3-5-22)21-6-8-23(9-7-21)26-31-29(12-13-29)28(36)34(26)17-19-15-33(16-19)27(35)24-10-11-24/h2-9,14,18-19,24H,10-13,15-17H2,1H3. The number of hydrogen-bond donors (Lipinski definition) is 0. The molecule has 2 aromatic carbocycles. The van der Waals surface area contributed by atoms with Gasteiger partial charge in [-0.2, -0.15) is 5.10 Å². The van der Waals surface area contributed by atoms with Gasteiger partial charge in [0.15, 0.2) is 0 Å². The van der Waals surface area contributed by atoms with Gasteiger partial charge in [-0.05, 0) is 42.4 Å². The quantitative estimate of drug-likeness (QED) is 0.541. The second-order valence-corrected chi connectivity index (χ2v) is 10.8. The third kappa shape index (κ3) is 3.65. The van der Waals surface area contributed by atoms with E-state index in [0.29, 0.717) is 18.4 Å². The van der Waals surface area contributed by atoms with E-state index in [2.05, 4.69) is 53.6 Å². The summed E-state index contributed by atoms with van der Waals surface area (Å²) in [4.78, 5) is 34.3. The minimum absolute atomic E-state index is 0.138. The van der Waals surface area contributed by atoms with Gasteiger partial charge in [0.05, 0.1) is 6.20 Å². The van der Waals surface area contributed by atoms with Crippen LogP contribution in [0.5, 0.6) is 0 Å². The molecular formula is C29H29N5O2. The summed E-state index contributed by atoms with van der Waals surface area (Å²) in [7, 11) is 1.92. The lowest BCUT2D eigenvalue weighted by Gasteiger charge is -2.41. The smallest absolute Gasteiger partial charge is 0.256 e. The van der Waals surface area contributed by atoms with E-state index in [9.17, 15) is 9.59 Å². The summed E-state index contributed by atoms with van der Waals surface area (Å²) >= 11 is 0. The highest BCUT2D eigenvalue weighted by molar-refractivity contribution is 6.16. The number of aromatic nitrogens is 2. The molecule has 0 atom stereocenters. The van der Waals surface area contributed by atoms with Gasteiger partial charge < -0.3 is 4.90 Å². The molecule has 2 amide bonds. The third-order valence-electron chi connectivity index (χ3n) is 7.98. The fourth-order valence-corrected chi connectivity index (χ4v) is 5.44. The van der Waals surface area contributed by atoms with Crippen molar-refractivity contribution >= 4 is 17.6 Å². The van der Waals surface area contributed by atoms with Crippen LogP contribution >= 0.6 is 0 Å². The van der Waals surface area contributed by atoms with Crippen molar-refractivity contribution in [1.82, 2.24) is 19.6 Å². The molecule has 3 heterocycles. The number of aryl methyl sites for hydroxylation is 1. The van der Waals surface area contributed by atoms with Crippen molar-refractivity contribution in [3.05, 3.63) is 66.5 Å². The van der Waals surface area contributed by atoms with Crippen LogP contribution in [0.3, 0.4) is 0 Å². The fraction of sp³-hybridized carbons (Fsp3) is 0.379. The van der Waals surface area contributed by atoms with Crippen LogP contribution in [0.15, 0.2) is 65.9 Å². The lowest BCUT2D eigenvalue weighted by molar-refractivity contribution is -0.139. The zero-order valence-corrected chi connectivity index (χ0v) is 20.4. The number of likely N-dealkylation sites (tertiary alicyclic amines) is 1. The van der Waals surface area contributed by atoms with Crippen molar-refractivity contribution in [2.75, 3.05) is 19.6 Å². The maximum absolute atomic E-state index is 13.2. The van der Waals surface area contributed by atoms with E-state index >= 15 is 0 Å². The molecular weight excluding hydrogens is 450 g/mol. The summed E-state index contributed by atoms with van der Waals surface area (Å²) in [5, 5.41) is 4.25. The topological polar surface area (TPSA) is 70.8 Å². The van der Waals surface area contributed by atoms with Crippen molar-refractivity contribution in [3.8, 4) is 22.3 Å². The highest BCUT2D eigenvalue weighted by Gasteiger charge is 2.57. The molecule has 1 saturated heterocycles. The summed E-state index contributed by atoms with van der Waals surface area (Å²) in [5.41, 5.74) is 4.97. The van der Waals surface area contributed by atoms with Gasteiger partial charge in [-0.1, -0.05) is 48.5 Å². The average Bonchev–Trinajstić information content (AvgIpc) is 3.79. The van der Waals surface area contributed by atoms with Gasteiger partial charge in [0, 0.05) is 55.8 Å². The van der Waals surface area contributed by atoms with Crippen molar-refractivity contribution in [2.24, 2.45) is 23.9 Å². The third-order valence-corrected chi connectivity index (χ3v) is 7.98. The van der Waals surface area contributed by atoms with E-state index in [1.807, 2.05) is 33.9 Å². The first kappa shape index (κ1) is 21.5. The highest BCUT2D eigenvalue weighted by Crippen LogP contribution is 2.46. The van der Waals surface area contributed by atoms with Gasteiger partial charge in [0.2, 0.25) is 5.91 Å². The zero-order valence-electron chi connectivity index (χ0n) is 20.4. The summed E-state index contributed by atoms with van der Waals surface area (Å²) in [5.74, 6) is 1.82. The second-order valence-electron chi connectivity index (χ2n) is 10.8. The first-order chi connectivity index (χ1) is 17.5. The van der Waals surface area contributed by atoms with Crippen molar-refractivity contribution in [1.29, 1.82) is 0 Å². The van der Waals surface area contributed by atoms with E-state index in [-0.39, 0.29) is 11.8 Å². The number of rotatable bonds is 6. The van der Waals surface area contributed by atoms with Gasteiger partial charge in [-0.3, -0.25) is 24.2 Å². The number of amides is 2. The van der Waals surface area contributed by atoms with Crippen LogP contribution < -0.4 is 0 Å². The largest absolute Gasteiger partial charge is 0.342 e. The van der Waals surface area contributed by atoms with Gasteiger partial charge in [-0.15, -0.1) is 0 Å². The molecule has 0 bridgehead atoms. The minimum atomic E-state index is -0.524. The molecule has 7 nitrogen and oxygen atoms in total. The summed E-state index contributed by atoms with van der Waals surface area (Å²) in [6, 6.07) is 16.9. The molecule has 36 heavy (non-hydrogen) atoms. The van der Waals surface area contributed by atoms with Gasteiger partial charge in [-0.25, -0.2) is 0 Å². The van der Waals surface area contributed by atoms with Crippen LogP contribution in [-0.4, -0.2) is 62.4 Å². The lowest BCUT2D eigenvalue weighted by Crippen LogP contribution is -2.55. The van der Waals surface area contributed by atoms with E-state index in [1.165, 1.54) is 0 Å². The van der Waals surface area contributed by atoms with Crippen LogP contribution in [0.4, 0.5) is 0 Å².